The molecule has 0 spiro atoms. The summed E-state index contributed by atoms with van der Waals surface area (Å²) in [5.41, 5.74) is 0.369. The van der Waals surface area contributed by atoms with E-state index in [0.717, 1.165) is 19.3 Å². The smallest absolute Gasteiger partial charge is 0.376 e. The van der Waals surface area contributed by atoms with Crippen LogP contribution in [0.2, 0.25) is 0 Å². The zero-order chi connectivity index (χ0) is 15.3. The molecule has 1 aromatic carbocycles. The summed E-state index contributed by atoms with van der Waals surface area (Å²) in [5.74, 6) is -0.0422. The van der Waals surface area contributed by atoms with Crippen molar-refractivity contribution >= 4 is 5.97 Å². The molecule has 0 aliphatic heterocycles. The fourth-order valence-electron chi connectivity index (χ4n) is 2.00. The van der Waals surface area contributed by atoms with Gasteiger partial charge in [-0.3, -0.25) is 4.89 Å². The first-order chi connectivity index (χ1) is 10.3. The molecule has 0 heterocycles. The minimum atomic E-state index is -0.525. The molecule has 0 unspecified atom stereocenters. The molecule has 1 rings (SSSR count). The van der Waals surface area contributed by atoms with Crippen LogP contribution in [0, 0.1) is 6.92 Å². The van der Waals surface area contributed by atoms with Crippen molar-refractivity contribution in [3.8, 4) is 5.75 Å². The predicted octanol–water partition coefficient (Wildman–Crippen LogP) is 4.35. The molecule has 4 heteroatoms. The Kier molecular flexibility index (Phi) is 9.29. The van der Waals surface area contributed by atoms with Crippen LogP contribution in [0.1, 0.15) is 55.3 Å². The monoisotopic (exact) mass is 293 g/mol. The van der Waals surface area contributed by atoms with Gasteiger partial charge in [0, 0.05) is 0 Å². The van der Waals surface area contributed by atoms with Gasteiger partial charge in [-0.15, -0.1) is 0 Å². The second-order valence-electron chi connectivity index (χ2n) is 4.87. The number of benzene rings is 1. The highest BCUT2D eigenvalue weighted by Crippen LogP contribution is 2.18. The van der Waals surface area contributed by atoms with Gasteiger partial charge in [0.15, 0.2) is 0 Å². The predicted molar refractivity (Wildman–Crippen MR) is 82.0 cm³/mol. The first-order valence-corrected chi connectivity index (χ1v) is 7.55. The van der Waals surface area contributed by atoms with Gasteiger partial charge in [-0.1, -0.05) is 57.6 Å². The van der Waals surface area contributed by atoms with Crippen LogP contribution in [0.4, 0.5) is 0 Å². The number of rotatable bonds is 11. The molecule has 0 atom stereocenters. The van der Waals surface area contributed by atoms with Crippen LogP contribution in [-0.4, -0.2) is 19.7 Å². The summed E-state index contributed by atoms with van der Waals surface area (Å²) in [4.78, 5) is 21.5. The highest BCUT2D eigenvalue weighted by molar-refractivity contribution is 5.92. The molecule has 0 aliphatic carbocycles. The van der Waals surface area contributed by atoms with Gasteiger partial charge in [0.05, 0.1) is 13.7 Å². The SMILES string of the molecule is [CH2]CCCCCCCCOOC(=O)c1ccccc1OC. The van der Waals surface area contributed by atoms with Gasteiger partial charge in [-0.05, 0) is 18.6 Å². The minimum absolute atomic E-state index is 0.369. The third-order valence-electron chi connectivity index (χ3n) is 3.19. The first kappa shape index (κ1) is 17.5. The molecule has 0 saturated carbocycles. The highest BCUT2D eigenvalue weighted by atomic mass is 17.2. The van der Waals surface area contributed by atoms with E-state index in [1.165, 1.54) is 32.8 Å². The zero-order valence-corrected chi connectivity index (χ0v) is 12.8. The summed E-state index contributed by atoms with van der Waals surface area (Å²) < 4.78 is 5.10. The quantitative estimate of drug-likeness (QED) is 0.346. The molecule has 0 aromatic heterocycles. The van der Waals surface area contributed by atoms with Crippen LogP contribution in [-0.2, 0) is 9.78 Å². The molecule has 0 N–H and O–H groups in total. The molecule has 0 bridgehead atoms. The maximum atomic E-state index is 11.8. The number of ether oxygens (including phenoxy) is 1. The van der Waals surface area contributed by atoms with E-state index in [-0.39, 0.29) is 0 Å². The van der Waals surface area contributed by atoms with E-state index in [0.29, 0.717) is 17.9 Å². The van der Waals surface area contributed by atoms with Gasteiger partial charge in [-0.2, -0.15) is 4.89 Å². The van der Waals surface area contributed by atoms with E-state index in [2.05, 4.69) is 6.92 Å². The van der Waals surface area contributed by atoms with E-state index < -0.39 is 5.97 Å². The van der Waals surface area contributed by atoms with Crippen LogP contribution in [0.5, 0.6) is 5.75 Å². The Labute approximate surface area is 127 Å². The molecule has 1 radical (unpaired) electrons. The van der Waals surface area contributed by atoms with Crippen LogP contribution in [0.15, 0.2) is 24.3 Å². The average molecular weight is 293 g/mol. The molecule has 0 aliphatic rings. The number of unbranched alkanes of at least 4 members (excludes halogenated alkanes) is 6. The molecule has 0 fully saturated rings. The number of para-hydroxylation sites is 1. The van der Waals surface area contributed by atoms with Crippen LogP contribution < -0.4 is 4.74 Å². The van der Waals surface area contributed by atoms with Gasteiger partial charge in [-0.25, -0.2) is 4.79 Å². The van der Waals surface area contributed by atoms with Crippen LogP contribution >= 0.6 is 0 Å². The Hall–Kier alpha value is -1.55. The normalized spacial score (nSPS) is 10.4. The molecular formula is C17H25O4. The van der Waals surface area contributed by atoms with Crippen molar-refractivity contribution in [3.05, 3.63) is 36.8 Å². The summed E-state index contributed by atoms with van der Waals surface area (Å²) in [6, 6.07) is 6.91. The topological polar surface area (TPSA) is 44.8 Å². The fraction of sp³-hybridized carbons (Fsp3) is 0.529. The summed E-state index contributed by atoms with van der Waals surface area (Å²) in [7, 11) is 1.52. The van der Waals surface area contributed by atoms with Crippen molar-refractivity contribution in [2.45, 2.75) is 44.9 Å². The second kappa shape index (κ2) is 11.1. The Balaban J connectivity index is 2.11. The third-order valence-corrected chi connectivity index (χ3v) is 3.19. The second-order valence-corrected chi connectivity index (χ2v) is 4.87. The number of hydrogen-bond acceptors (Lipinski definition) is 4. The maximum absolute atomic E-state index is 11.8. The molecule has 21 heavy (non-hydrogen) atoms. The average Bonchev–Trinajstić information content (AvgIpc) is 2.53. The van der Waals surface area contributed by atoms with Crippen molar-refractivity contribution in [1.82, 2.24) is 0 Å². The Bertz CT molecular complexity index is 404. The Morgan fingerprint density at radius 2 is 1.71 bits per heavy atom. The highest BCUT2D eigenvalue weighted by Gasteiger charge is 2.13. The van der Waals surface area contributed by atoms with Crippen molar-refractivity contribution < 1.29 is 19.3 Å². The Morgan fingerprint density at radius 3 is 2.43 bits per heavy atom. The third kappa shape index (κ3) is 7.14. The molecular weight excluding hydrogens is 268 g/mol. The molecule has 1 aromatic rings. The zero-order valence-electron chi connectivity index (χ0n) is 12.8. The summed E-state index contributed by atoms with van der Waals surface area (Å²) in [6.07, 6.45) is 7.86. The fourth-order valence-corrected chi connectivity index (χ4v) is 2.00. The van der Waals surface area contributed by atoms with Gasteiger partial charge < -0.3 is 4.74 Å². The molecule has 4 nitrogen and oxygen atoms in total. The van der Waals surface area contributed by atoms with Gasteiger partial charge in [0.2, 0.25) is 0 Å². The lowest BCUT2D eigenvalue weighted by atomic mass is 10.1. The van der Waals surface area contributed by atoms with Gasteiger partial charge >= 0.3 is 5.97 Å². The largest absolute Gasteiger partial charge is 0.496 e. The lowest BCUT2D eigenvalue weighted by Crippen LogP contribution is -2.08. The molecule has 0 amide bonds. The van der Waals surface area contributed by atoms with E-state index in [1.807, 2.05) is 0 Å². The van der Waals surface area contributed by atoms with E-state index in [1.54, 1.807) is 24.3 Å². The summed E-state index contributed by atoms with van der Waals surface area (Å²) in [6.45, 7) is 4.25. The van der Waals surface area contributed by atoms with E-state index in [9.17, 15) is 4.79 Å². The Morgan fingerprint density at radius 1 is 1.05 bits per heavy atom. The van der Waals surface area contributed by atoms with Crippen molar-refractivity contribution in [1.29, 1.82) is 0 Å². The number of hydrogen-bond donors (Lipinski definition) is 0. The van der Waals surface area contributed by atoms with Crippen LogP contribution in [0.3, 0.4) is 0 Å². The molecule has 0 saturated heterocycles. The standard InChI is InChI=1S/C17H25O4/c1-3-4-5-6-7-8-11-14-20-21-17(18)15-12-9-10-13-16(15)19-2/h9-10,12-13H,1,3-8,11,14H2,2H3. The van der Waals surface area contributed by atoms with Gasteiger partial charge in [0.25, 0.3) is 0 Å². The number of carbonyl (C=O) groups excluding carboxylic acids is 1. The van der Waals surface area contributed by atoms with Crippen molar-refractivity contribution in [3.63, 3.8) is 0 Å². The number of carbonyl (C=O) groups is 1. The first-order valence-electron chi connectivity index (χ1n) is 7.55. The lowest BCUT2D eigenvalue weighted by molar-refractivity contribution is -0.241. The lowest BCUT2D eigenvalue weighted by Gasteiger charge is -2.07. The summed E-state index contributed by atoms with van der Waals surface area (Å²) >= 11 is 0. The minimum Gasteiger partial charge on any atom is -0.496 e. The van der Waals surface area contributed by atoms with Crippen molar-refractivity contribution in [2.24, 2.45) is 0 Å². The molecule has 117 valence electrons. The van der Waals surface area contributed by atoms with E-state index in [4.69, 9.17) is 14.5 Å². The van der Waals surface area contributed by atoms with Gasteiger partial charge in [0.1, 0.15) is 11.3 Å². The number of methoxy groups -OCH3 is 1. The van der Waals surface area contributed by atoms with Crippen molar-refractivity contribution in [2.75, 3.05) is 13.7 Å². The summed E-state index contributed by atoms with van der Waals surface area (Å²) in [5, 5.41) is 0. The van der Waals surface area contributed by atoms with E-state index >= 15 is 0 Å². The maximum Gasteiger partial charge on any atom is 0.376 e. The van der Waals surface area contributed by atoms with Crippen LogP contribution in [0.25, 0.3) is 0 Å².